The SMILES string of the molecule is CC(/C=C/c1ccccc1)c1ccccc1/C=C/C(=O)O. The molecule has 0 fully saturated rings. The van der Waals surface area contributed by atoms with Crippen molar-refractivity contribution in [2.45, 2.75) is 12.8 Å². The number of aliphatic carboxylic acids is 1. The summed E-state index contributed by atoms with van der Waals surface area (Å²) in [5.74, 6) is -0.725. The van der Waals surface area contributed by atoms with E-state index in [4.69, 9.17) is 5.11 Å². The summed E-state index contributed by atoms with van der Waals surface area (Å²) >= 11 is 0. The lowest BCUT2D eigenvalue weighted by Crippen LogP contribution is -1.94. The van der Waals surface area contributed by atoms with Gasteiger partial charge in [0.05, 0.1) is 0 Å². The molecule has 2 aromatic carbocycles. The highest BCUT2D eigenvalue weighted by molar-refractivity contribution is 5.85. The van der Waals surface area contributed by atoms with Crippen molar-refractivity contribution in [1.82, 2.24) is 0 Å². The van der Waals surface area contributed by atoms with Crippen molar-refractivity contribution in [3.8, 4) is 0 Å². The third kappa shape index (κ3) is 4.46. The summed E-state index contributed by atoms with van der Waals surface area (Å²) in [6.07, 6.45) is 7.03. The minimum atomic E-state index is -0.933. The minimum Gasteiger partial charge on any atom is -0.478 e. The van der Waals surface area contributed by atoms with E-state index in [0.717, 1.165) is 16.7 Å². The molecule has 0 radical (unpaired) electrons. The first-order chi connectivity index (χ1) is 10.2. The highest BCUT2D eigenvalue weighted by Gasteiger charge is 2.05. The summed E-state index contributed by atoms with van der Waals surface area (Å²) in [6, 6.07) is 18.0. The molecule has 0 aromatic heterocycles. The maximum atomic E-state index is 10.7. The minimum absolute atomic E-state index is 0.208. The number of benzene rings is 2. The summed E-state index contributed by atoms with van der Waals surface area (Å²) in [7, 11) is 0. The molecule has 106 valence electrons. The van der Waals surface area contributed by atoms with E-state index in [1.807, 2.05) is 42.5 Å². The molecule has 2 rings (SSSR count). The Morgan fingerprint density at radius 3 is 2.38 bits per heavy atom. The van der Waals surface area contributed by atoms with Crippen LogP contribution in [0.2, 0.25) is 0 Å². The van der Waals surface area contributed by atoms with Gasteiger partial charge in [-0.15, -0.1) is 0 Å². The van der Waals surface area contributed by atoms with Gasteiger partial charge in [-0.25, -0.2) is 4.79 Å². The molecule has 0 heterocycles. The van der Waals surface area contributed by atoms with Crippen molar-refractivity contribution in [2.24, 2.45) is 0 Å². The quantitative estimate of drug-likeness (QED) is 0.811. The molecule has 21 heavy (non-hydrogen) atoms. The molecule has 2 heteroatoms. The maximum Gasteiger partial charge on any atom is 0.328 e. The molecule has 2 aromatic rings. The van der Waals surface area contributed by atoms with Gasteiger partial charge in [0.2, 0.25) is 0 Å². The highest BCUT2D eigenvalue weighted by atomic mass is 16.4. The number of carboxylic acid groups (broad SMARTS) is 1. The first-order valence-corrected chi connectivity index (χ1v) is 6.90. The molecule has 1 unspecified atom stereocenters. The number of allylic oxidation sites excluding steroid dienone is 1. The monoisotopic (exact) mass is 278 g/mol. The third-order valence-electron chi connectivity index (χ3n) is 3.27. The lowest BCUT2D eigenvalue weighted by molar-refractivity contribution is -0.131. The second-order valence-corrected chi connectivity index (χ2v) is 4.86. The predicted molar refractivity (Wildman–Crippen MR) is 87.0 cm³/mol. The molecular weight excluding hydrogens is 260 g/mol. The van der Waals surface area contributed by atoms with Crippen LogP contribution >= 0.6 is 0 Å². The Hall–Kier alpha value is -2.61. The van der Waals surface area contributed by atoms with Crippen LogP contribution < -0.4 is 0 Å². The molecule has 0 aliphatic heterocycles. The van der Waals surface area contributed by atoms with Crippen LogP contribution in [0.1, 0.15) is 29.5 Å². The molecule has 2 nitrogen and oxygen atoms in total. The molecular formula is C19H18O2. The fourth-order valence-corrected chi connectivity index (χ4v) is 2.16. The van der Waals surface area contributed by atoms with Crippen molar-refractivity contribution >= 4 is 18.1 Å². The summed E-state index contributed by atoms with van der Waals surface area (Å²) in [4.78, 5) is 10.7. The van der Waals surface area contributed by atoms with E-state index in [9.17, 15) is 4.79 Å². The van der Waals surface area contributed by atoms with Crippen LogP contribution in [0.5, 0.6) is 0 Å². The molecule has 0 aliphatic carbocycles. The van der Waals surface area contributed by atoms with Gasteiger partial charge >= 0.3 is 5.97 Å². The van der Waals surface area contributed by atoms with Gasteiger partial charge in [-0.1, -0.05) is 73.7 Å². The zero-order chi connectivity index (χ0) is 15.1. The van der Waals surface area contributed by atoms with Gasteiger partial charge in [0.1, 0.15) is 0 Å². The predicted octanol–water partition coefficient (Wildman–Crippen LogP) is 4.60. The molecule has 1 N–H and O–H groups in total. The molecule has 0 bridgehead atoms. The van der Waals surface area contributed by atoms with Crippen molar-refractivity contribution in [2.75, 3.05) is 0 Å². The molecule has 0 saturated carbocycles. The summed E-state index contributed by atoms with van der Waals surface area (Å²) in [6.45, 7) is 2.10. The zero-order valence-electron chi connectivity index (χ0n) is 11.9. The Labute approximate surface area is 125 Å². The Morgan fingerprint density at radius 1 is 1.00 bits per heavy atom. The largest absolute Gasteiger partial charge is 0.478 e. The first kappa shape index (κ1) is 14.8. The van der Waals surface area contributed by atoms with Gasteiger partial charge in [0, 0.05) is 6.08 Å². The van der Waals surface area contributed by atoms with Crippen molar-refractivity contribution in [3.63, 3.8) is 0 Å². The van der Waals surface area contributed by atoms with E-state index >= 15 is 0 Å². The van der Waals surface area contributed by atoms with Crippen LogP contribution in [0.25, 0.3) is 12.2 Å². The van der Waals surface area contributed by atoms with Gasteiger partial charge in [-0.3, -0.25) is 0 Å². The molecule has 1 atom stereocenters. The van der Waals surface area contributed by atoms with E-state index in [2.05, 4.69) is 31.2 Å². The number of carbonyl (C=O) groups is 1. The third-order valence-corrected chi connectivity index (χ3v) is 3.27. The fourth-order valence-electron chi connectivity index (χ4n) is 2.16. The standard InChI is InChI=1S/C19H18O2/c1-15(11-12-16-7-3-2-4-8-16)18-10-6-5-9-17(18)13-14-19(20)21/h2-15H,1H3,(H,20,21)/b12-11+,14-13+. The van der Waals surface area contributed by atoms with E-state index in [1.165, 1.54) is 6.08 Å². The normalized spacial score (nSPS) is 12.8. The number of rotatable bonds is 5. The summed E-state index contributed by atoms with van der Waals surface area (Å²) < 4.78 is 0. The number of hydrogen-bond donors (Lipinski definition) is 1. The fraction of sp³-hybridized carbons (Fsp3) is 0.105. The Kier molecular flexibility index (Phi) is 5.10. The van der Waals surface area contributed by atoms with E-state index in [0.29, 0.717) is 0 Å². The summed E-state index contributed by atoms with van der Waals surface area (Å²) in [5.41, 5.74) is 3.20. The van der Waals surface area contributed by atoms with Crippen molar-refractivity contribution < 1.29 is 9.90 Å². The zero-order valence-corrected chi connectivity index (χ0v) is 11.9. The van der Waals surface area contributed by atoms with Gasteiger partial charge in [-0.05, 0) is 28.7 Å². The topological polar surface area (TPSA) is 37.3 Å². The van der Waals surface area contributed by atoms with E-state index in [1.54, 1.807) is 6.08 Å². The first-order valence-electron chi connectivity index (χ1n) is 6.90. The highest BCUT2D eigenvalue weighted by Crippen LogP contribution is 2.23. The molecule has 0 amide bonds. The smallest absolute Gasteiger partial charge is 0.328 e. The lowest BCUT2D eigenvalue weighted by Gasteiger charge is -2.10. The Balaban J connectivity index is 2.21. The van der Waals surface area contributed by atoms with Crippen molar-refractivity contribution in [1.29, 1.82) is 0 Å². The van der Waals surface area contributed by atoms with E-state index in [-0.39, 0.29) is 5.92 Å². The van der Waals surface area contributed by atoms with Gasteiger partial charge in [-0.2, -0.15) is 0 Å². The van der Waals surface area contributed by atoms with Crippen LogP contribution in [-0.2, 0) is 4.79 Å². The molecule has 0 saturated heterocycles. The maximum absolute atomic E-state index is 10.7. The summed E-state index contributed by atoms with van der Waals surface area (Å²) in [5, 5.41) is 8.76. The molecule has 0 aliphatic rings. The second-order valence-electron chi connectivity index (χ2n) is 4.86. The van der Waals surface area contributed by atoms with Crippen LogP contribution in [0.4, 0.5) is 0 Å². The second kappa shape index (κ2) is 7.25. The average molecular weight is 278 g/mol. The van der Waals surface area contributed by atoms with Crippen LogP contribution in [0, 0.1) is 0 Å². The van der Waals surface area contributed by atoms with Crippen LogP contribution in [-0.4, -0.2) is 11.1 Å². The van der Waals surface area contributed by atoms with Crippen molar-refractivity contribution in [3.05, 3.63) is 83.4 Å². The van der Waals surface area contributed by atoms with Gasteiger partial charge < -0.3 is 5.11 Å². The van der Waals surface area contributed by atoms with Gasteiger partial charge in [0.25, 0.3) is 0 Å². The number of hydrogen-bond acceptors (Lipinski definition) is 1. The van der Waals surface area contributed by atoms with Crippen LogP contribution in [0.3, 0.4) is 0 Å². The Morgan fingerprint density at radius 2 is 1.67 bits per heavy atom. The lowest BCUT2D eigenvalue weighted by atomic mass is 9.94. The van der Waals surface area contributed by atoms with Gasteiger partial charge in [0.15, 0.2) is 0 Å². The molecule has 0 spiro atoms. The van der Waals surface area contributed by atoms with E-state index < -0.39 is 5.97 Å². The Bertz CT molecular complexity index is 654. The number of carboxylic acids is 1. The van der Waals surface area contributed by atoms with Crippen LogP contribution in [0.15, 0.2) is 66.7 Å². The average Bonchev–Trinajstić information content (AvgIpc) is 2.52.